The zero-order valence-electron chi connectivity index (χ0n) is 14.6. The summed E-state index contributed by atoms with van der Waals surface area (Å²) in [6, 6.07) is 5.73. The van der Waals surface area contributed by atoms with Crippen LogP contribution in [0, 0.1) is 6.92 Å². The maximum atomic E-state index is 12.0. The van der Waals surface area contributed by atoms with E-state index < -0.39 is 11.9 Å². The van der Waals surface area contributed by atoms with Gasteiger partial charge in [0.25, 0.3) is 5.91 Å². The Kier molecular flexibility index (Phi) is 6.12. The predicted octanol–water partition coefficient (Wildman–Crippen LogP) is 1.80. The van der Waals surface area contributed by atoms with Crippen molar-refractivity contribution >= 4 is 57.1 Å². The van der Waals surface area contributed by atoms with Crippen LogP contribution < -0.4 is 5.32 Å². The highest BCUT2D eigenvalue weighted by Gasteiger charge is 2.26. The summed E-state index contributed by atoms with van der Waals surface area (Å²) in [4.78, 5) is 36.8. The second-order valence-electron chi connectivity index (χ2n) is 6.05. The highest BCUT2D eigenvalue weighted by molar-refractivity contribution is 8.23. The molecule has 0 unspecified atom stereocenters. The molecule has 1 aromatic carbocycles. The summed E-state index contributed by atoms with van der Waals surface area (Å²) in [6.07, 6.45) is 1.55. The largest absolute Gasteiger partial charge is 0.464 e. The lowest BCUT2D eigenvalue weighted by molar-refractivity contribution is -0.147. The molecule has 1 N–H and O–H groups in total. The van der Waals surface area contributed by atoms with Gasteiger partial charge in [0.2, 0.25) is 5.91 Å². The molecule has 27 heavy (non-hydrogen) atoms. The first-order valence-electron chi connectivity index (χ1n) is 8.30. The third kappa shape index (κ3) is 4.86. The van der Waals surface area contributed by atoms with Crippen LogP contribution in [0.5, 0.6) is 0 Å². The van der Waals surface area contributed by atoms with Crippen LogP contribution in [0.15, 0.2) is 28.9 Å². The Balaban J connectivity index is 1.41. The number of amides is 2. The van der Waals surface area contributed by atoms with Gasteiger partial charge in [0.05, 0.1) is 18.4 Å². The molecule has 2 heterocycles. The molecular formula is C18H18N2O5S2. The highest BCUT2D eigenvalue weighted by Crippen LogP contribution is 2.23. The number of esters is 1. The first-order valence-corrected chi connectivity index (χ1v) is 9.69. The molecule has 1 aliphatic rings. The number of nitrogens with zero attached hydrogens (tertiary/aromatic N) is 1. The summed E-state index contributed by atoms with van der Waals surface area (Å²) in [5.41, 5.74) is 2.50. The number of carbonyl (C=O) groups excluding carboxylic acids is 3. The standard InChI is InChI=1S/C18H18N2O5S2/c1-11-2-3-13-12(8-24-14(13)6-11)7-17(23)25-9-15(21)19-4-5-20-16(22)10-27-18(20)26/h2-3,6,8H,4-5,7,9-10H2,1H3,(H,19,21). The summed E-state index contributed by atoms with van der Waals surface area (Å²) >= 11 is 6.36. The van der Waals surface area contributed by atoms with Crippen molar-refractivity contribution < 1.29 is 23.5 Å². The highest BCUT2D eigenvalue weighted by atomic mass is 32.2. The molecule has 0 atom stereocenters. The van der Waals surface area contributed by atoms with Crippen LogP contribution in [0.25, 0.3) is 11.0 Å². The molecule has 1 saturated heterocycles. The molecular weight excluding hydrogens is 388 g/mol. The van der Waals surface area contributed by atoms with E-state index in [1.54, 1.807) is 0 Å². The molecule has 9 heteroatoms. The molecule has 2 amide bonds. The number of aryl methyl sites for hydroxylation is 1. The van der Waals surface area contributed by atoms with Gasteiger partial charge < -0.3 is 14.5 Å². The zero-order chi connectivity index (χ0) is 19.4. The van der Waals surface area contributed by atoms with Crippen molar-refractivity contribution in [2.75, 3.05) is 25.4 Å². The number of carbonyl (C=O) groups is 3. The van der Waals surface area contributed by atoms with Gasteiger partial charge in [-0.2, -0.15) is 0 Å². The van der Waals surface area contributed by atoms with E-state index in [1.807, 2.05) is 25.1 Å². The van der Waals surface area contributed by atoms with Gasteiger partial charge in [-0.05, 0) is 18.6 Å². The lowest BCUT2D eigenvalue weighted by atomic mass is 10.1. The number of benzene rings is 1. The number of hydrogen-bond donors (Lipinski definition) is 1. The molecule has 1 aliphatic heterocycles. The Labute approximate surface area is 165 Å². The summed E-state index contributed by atoms with van der Waals surface area (Å²) in [6.45, 7) is 2.14. The van der Waals surface area contributed by atoms with Gasteiger partial charge in [0, 0.05) is 24.0 Å². The number of thioether (sulfide) groups is 1. The average molecular weight is 406 g/mol. The van der Waals surface area contributed by atoms with Gasteiger partial charge in [-0.3, -0.25) is 19.3 Å². The van der Waals surface area contributed by atoms with Crippen LogP contribution >= 0.6 is 24.0 Å². The van der Waals surface area contributed by atoms with E-state index in [-0.39, 0.29) is 25.5 Å². The SMILES string of the molecule is Cc1ccc2c(CC(=O)OCC(=O)NCCN3C(=O)CSC3=S)coc2c1. The maximum absolute atomic E-state index is 12.0. The van der Waals surface area contributed by atoms with Crippen LogP contribution in [-0.4, -0.2) is 52.5 Å². The quantitative estimate of drug-likeness (QED) is 0.554. The third-order valence-electron chi connectivity index (χ3n) is 4.01. The zero-order valence-corrected chi connectivity index (χ0v) is 16.3. The summed E-state index contributed by atoms with van der Waals surface area (Å²) in [5, 5.41) is 3.46. The van der Waals surface area contributed by atoms with Gasteiger partial charge in [-0.25, -0.2) is 0 Å². The molecule has 142 valence electrons. The van der Waals surface area contributed by atoms with Crippen LogP contribution in [0.4, 0.5) is 0 Å². The molecule has 0 spiro atoms. The second-order valence-corrected chi connectivity index (χ2v) is 7.66. The van der Waals surface area contributed by atoms with E-state index in [0.29, 0.717) is 27.8 Å². The van der Waals surface area contributed by atoms with E-state index in [1.165, 1.54) is 22.9 Å². The Hall–Kier alpha value is -2.39. The van der Waals surface area contributed by atoms with Gasteiger partial charge >= 0.3 is 5.97 Å². The normalized spacial score (nSPS) is 14.0. The van der Waals surface area contributed by atoms with Crippen molar-refractivity contribution in [3.8, 4) is 0 Å². The summed E-state index contributed by atoms with van der Waals surface area (Å²) in [7, 11) is 0. The number of fused-ring (bicyclic) bond motifs is 1. The predicted molar refractivity (Wildman–Crippen MR) is 105 cm³/mol. The Morgan fingerprint density at radius 1 is 1.41 bits per heavy atom. The van der Waals surface area contributed by atoms with Crippen LogP contribution in [0.1, 0.15) is 11.1 Å². The van der Waals surface area contributed by atoms with Crippen LogP contribution in [0.3, 0.4) is 0 Å². The van der Waals surface area contributed by atoms with Crippen molar-refractivity contribution in [3.05, 3.63) is 35.6 Å². The first kappa shape index (κ1) is 19.4. The summed E-state index contributed by atoms with van der Waals surface area (Å²) in [5.74, 6) is -0.665. The smallest absolute Gasteiger partial charge is 0.310 e. The number of ether oxygens (including phenoxy) is 1. The van der Waals surface area contributed by atoms with E-state index >= 15 is 0 Å². The van der Waals surface area contributed by atoms with Crippen molar-refractivity contribution in [1.82, 2.24) is 10.2 Å². The van der Waals surface area contributed by atoms with Gasteiger partial charge in [-0.1, -0.05) is 36.1 Å². The van der Waals surface area contributed by atoms with Crippen LogP contribution in [-0.2, 0) is 25.5 Å². The topological polar surface area (TPSA) is 88.9 Å². The van der Waals surface area contributed by atoms with E-state index in [0.717, 1.165) is 10.9 Å². The lowest BCUT2D eigenvalue weighted by Crippen LogP contribution is -2.38. The van der Waals surface area contributed by atoms with Crippen molar-refractivity contribution in [3.63, 3.8) is 0 Å². The number of rotatable bonds is 7. The lowest BCUT2D eigenvalue weighted by Gasteiger charge is -2.15. The Morgan fingerprint density at radius 3 is 2.96 bits per heavy atom. The van der Waals surface area contributed by atoms with E-state index in [2.05, 4.69) is 5.32 Å². The molecule has 0 aliphatic carbocycles. The number of furan rings is 1. The minimum Gasteiger partial charge on any atom is -0.464 e. The molecule has 1 aromatic heterocycles. The maximum Gasteiger partial charge on any atom is 0.310 e. The fourth-order valence-corrected chi connectivity index (χ4v) is 3.76. The monoisotopic (exact) mass is 406 g/mol. The molecule has 7 nitrogen and oxygen atoms in total. The molecule has 0 radical (unpaired) electrons. The molecule has 0 saturated carbocycles. The van der Waals surface area contributed by atoms with Crippen molar-refractivity contribution in [1.29, 1.82) is 0 Å². The average Bonchev–Trinajstić information content (AvgIpc) is 3.17. The van der Waals surface area contributed by atoms with Gasteiger partial charge in [0.15, 0.2) is 6.61 Å². The molecule has 3 rings (SSSR count). The van der Waals surface area contributed by atoms with E-state index in [4.69, 9.17) is 21.4 Å². The molecule has 0 bridgehead atoms. The Morgan fingerprint density at radius 2 is 2.22 bits per heavy atom. The van der Waals surface area contributed by atoms with E-state index in [9.17, 15) is 14.4 Å². The minimum atomic E-state index is -0.513. The first-order chi connectivity index (χ1) is 12.9. The molecule has 2 aromatic rings. The number of hydrogen-bond acceptors (Lipinski definition) is 7. The third-order valence-corrected chi connectivity index (χ3v) is 5.44. The fraction of sp³-hybridized carbons (Fsp3) is 0.333. The minimum absolute atomic E-state index is 0.0249. The second kappa shape index (κ2) is 8.53. The number of thiocarbonyl (C=S) groups is 1. The van der Waals surface area contributed by atoms with Crippen molar-refractivity contribution in [2.45, 2.75) is 13.3 Å². The Bertz CT molecular complexity index is 892. The molecule has 1 fully saturated rings. The van der Waals surface area contributed by atoms with Gasteiger partial charge in [0.1, 0.15) is 9.90 Å². The summed E-state index contributed by atoms with van der Waals surface area (Å²) < 4.78 is 11.0. The van der Waals surface area contributed by atoms with Crippen LogP contribution in [0.2, 0.25) is 0 Å². The fourth-order valence-electron chi connectivity index (χ4n) is 2.64. The number of nitrogens with one attached hydrogen (secondary N) is 1. The van der Waals surface area contributed by atoms with Gasteiger partial charge in [-0.15, -0.1) is 0 Å². The van der Waals surface area contributed by atoms with Crippen molar-refractivity contribution in [2.24, 2.45) is 0 Å².